The maximum Gasteiger partial charge on any atom is 0.325 e. The number of carbonyl (C=O) groups excluding carboxylic acids is 3. The van der Waals surface area contributed by atoms with Crippen LogP contribution in [0.15, 0.2) is 18.3 Å². The van der Waals surface area contributed by atoms with Crippen LogP contribution in [-0.4, -0.2) is 72.9 Å². The first kappa shape index (κ1) is 17.2. The lowest BCUT2D eigenvalue weighted by atomic mass is 9.91. The van der Waals surface area contributed by atoms with Crippen LogP contribution >= 0.6 is 0 Å². The molecule has 8 heteroatoms. The number of pyridine rings is 1. The summed E-state index contributed by atoms with van der Waals surface area (Å²) in [6.07, 6.45) is 3.69. The maximum atomic E-state index is 12.5. The third kappa shape index (κ3) is 3.72. The summed E-state index contributed by atoms with van der Waals surface area (Å²) in [5, 5.41) is 2.43. The highest BCUT2D eigenvalue weighted by Crippen LogP contribution is 2.28. The van der Waals surface area contributed by atoms with Crippen LogP contribution in [0.4, 0.5) is 10.6 Å². The lowest BCUT2D eigenvalue weighted by Gasteiger charge is -2.34. The number of urea groups is 1. The van der Waals surface area contributed by atoms with Crippen molar-refractivity contribution < 1.29 is 14.4 Å². The lowest BCUT2D eigenvalue weighted by Crippen LogP contribution is -2.46. The standard InChI is InChI=1S/C17H23N5O3/c1-20(2)14-8-12(5-6-18-14)13-4-3-7-21(10-13)16(24)11-22-15(23)9-19-17(22)25/h5-6,8,13H,3-4,7,9-11H2,1-2H3,(H,19,25). The van der Waals surface area contributed by atoms with Gasteiger partial charge in [-0.3, -0.25) is 14.5 Å². The van der Waals surface area contributed by atoms with E-state index in [0.29, 0.717) is 13.1 Å². The molecule has 1 atom stereocenters. The first-order chi connectivity index (χ1) is 12.0. The average molecular weight is 345 g/mol. The SMILES string of the molecule is CN(C)c1cc(C2CCCN(C(=O)CN3C(=O)CNC3=O)C2)ccn1. The number of aromatic nitrogens is 1. The molecule has 3 heterocycles. The molecule has 1 aromatic rings. The molecule has 1 unspecified atom stereocenters. The monoisotopic (exact) mass is 345 g/mol. The van der Waals surface area contributed by atoms with E-state index < -0.39 is 6.03 Å². The Labute approximate surface area is 146 Å². The van der Waals surface area contributed by atoms with Crippen LogP contribution in [0.2, 0.25) is 0 Å². The molecule has 1 aromatic heterocycles. The number of nitrogens with zero attached hydrogens (tertiary/aromatic N) is 4. The molecule has 0 bridgehead atoms. The number of imide groups is 1. The summed E-state index contributed by atoms with van der Waals surface area (Å²) >= 11 is 0. The third-order valence-electron chi connectivity index (χ3n) is 4.70. The van der Waals surface area contributed by atoms with Gasteiger partial charge < -0.3 is 15.1 Å². The van der Waals surface area contributed by atoms with Crippen molar-refractivity contribution in [1.29, 1.82) is 0 Å². The fraction of sp³-hybridized carbons (Fsp3) is 0.529. The number of nitrogens with one attached hydrogen (secondary N) is 1. The van der Waals surface area contributed by atoms with E-state index in [1.54, 1.807) is 11.1 Å². The van der Waals surface area contributed by atoms with E-state index in [1.165, 1.54) is 0 Å². The summed E-state index contributed by atoms with van der Waals surface area (Å²) in [6.45, 7) is 1.04. The Bertz CT molecular complexity index is 675. The molecule has 25 heavy (non-hydrogen) atoms. The van der Waals surface area contributed by atoms with Crippen molar-refractivity contribution in [2.75, 3.05) is 45.2 Å². The number of anilines is 1. The molecule has 8 nitrogen and oxygen atoms in total. The second-order valence-electron chi connectivity index (χ2n) is 6.66. The normalized spacial score (nSPS) is 20.6. The summed E-state index contributed by atoms with van der Waals surface area (Å²) in [5.41, 5.74) is 1.16. The molecular weight excluding hydrogens is 322 g/mol. The Morgan fingerprint density at radius 1 is 1.40 bits per heavy atom. The molecule has 134 valence electrons. The third-order valence-corrected chi connectivity index (χ3v) is 4.70. The van der Waals surface area contributed by atoms with Gasteiger partial charge in [0.05, 0.1) is 6.54 Å². The van der Waals surface area contributed by atoms with Crippen LogP contribution in [0.3, 0.4) is 0 Å². The van der Waals surface area contributed by atoms with Crippen molar-refractivity contribution in [1.82, 2.24) is 20.1 Å². The van der Waals surface area contributed by atoms with Crippen molar-refractivity contribution in [3.05, 3.63) is 23.9 Å². The van der Waals surface area contributed by atoms with Gasteiger partial charge in [-0.1, -0.05) is 0 Å². The molecule has 3 rings (SSSR count). The molecule has 2 aliphatic heterocycles. The largest absolute Gasteiger partial charge is 0.363 e. The van der Waals surface area contributed by atoms with Crippen LogP contribution in [-0.2, 0) is 9.59 Å². The summed E-state index contributed by atoms with van der Waals surface area (Å²) in [6, 6.07) is 3.55. The van der Waals surface area contributed by atoms with Crippen LogP contribution < -0.4 is 10.2 Å². The molecule has 0 aromatic carbocycles. The molecule has 1 N–H and O–H groups in total. The highest BCUT2D eigenvalue weighted by atomic mass is 16.2. The number of likely N-dealkylation sites (tertiary alicyclic amines) is 1. The minimum atomic E-state index is -0.489. The van der Waals surface area contributed by atoms with Crippen LogP contribution in [0, 0.1) is 0 Å². The smallest absolute Gasteiger partial charge is 0.325 e. The zero-order chi connectivity index (χ0) is 18.0. The second kappa shape index (κ2) is 7.08. The fourth-order valence-corrected chi connectivity index (χ4v) is 3.26. The van der Waals surface area contributed by atoms with E-state index in [4.69, 9.17) is 0 Å². The minimum absolute atomic E-state index is 0.0287. The van der Waals surface area contributed by atoms with Crippen molar-refractivity contribution in [3.8, 4) is 0 Å². The topological polar surface area (TPSA) is 85.9 Å². The van der Waals surface area contributed by atoms with Crippen LogP contribution in [0.5, 0.6) is 0 Å². The number of hydrogen-bond donors (Lipinski definition) is 1. The second-order valence-corrected chi connectivity index (χ2v) is 6.66. The quantitative estimate of drug-likeness (QED) is 0.799. The van der Waals surface area contributed by atoms with E-state index in [0.717, 1.165) is 29.1 Å². The minimum Gasteiger partial charge on any atom is -0.363 e. The van der Waals surface area contributed by atoms with Gasteiger partial charge in [-0.25, -0.2) is 9.78 Å². The number of rotatable bonds is 4. The molecule has 4 amide bonds. The number of hydrogen-bond acceptors (Lipinski definition) is 5. The first-order valence-electron chi connectivity index (χ1n) is 8.45. The van der Waals surface area contributed by atoms with Crippen molar-refractivity contribution >= 4 is 23.7 Å². The molecule has 2 fully saturated rings. The summed E-state index contributed by atoms with van der Waals surface area (Å²) < 4.78 is 0. The van der Waals surface area contributed by atoms with Gasteiger partial charge in [-0.15, -0.1) is 0 Å². The summed E-state index contributed by atoms with van der Waals surface area (Å²) in [4.78, 5) is 44.8. The molecule has 2 saturated heterocycles. The predicted octanol–water partition coefficient (Wildman–Crippen LogP) is 0.405. The Kier molecular flexibility index (Phi) is 4.87. The van der Waals surface area contributed by atoms with E-state index in [2.05, 4.69) is 16.4 Å². The Hall–Kier alpha value is -2.64. The Balaban J connectivity index is 1.66. The predicted molar refractivity (Wildman–Crippen MR) is 92.2 cm³/mol. The first-order valence-corrected chi connectivity index (χ1v) is 8.45. The van der Waals surface area contributed by atoms with Gasteiger partial charge in [0.25, 0.3) is 5.91 Å². The Morgan fingerprint density at radius 2 is 2.20 bits per heavy atom. The van der Waals surface area contributed by atoms with E-state index in [9.17, 15) is 14.4 Å². The molecule has 0 radical (unpaired) electrons. The maximum absolute atomic E-state index is 12.5. The van der Waals surface area contributed by atoms with Crippen molar-refractivity contribution in [3.63, 3.8) is 0 Å². The zero-order valence-corrected chi connectivity index (χ0v) is 14.6. The van der Waals surface area contributed by atoms with E-state index in [-0.39, 0.29) is 30.8 Å². The highest BCUT2D eigenvalue weighted by Gasteiger charge is 2.33. The van der Waals surface area contributed by atoms with Crippen LogP contribution in [0.25, 0.3) is 0 Å². The van der Waals surface area contributed by atoms with Gasteiger partial charge in [0.2, 0.25) is 5.91 Å². The van der Waals surface area contributed by atoms with Gasteiger partial charge in [0.15, 0.2) is 0 Å². The van der Waals surface area contributed by atoms with Crippen LogP contribution in [0.1, 0.15) is 24.3 Å². The van der Waals surface area contributed by atoms with Gasteiger partial charge in [-0.2, -0.15) is 0 Å². The zero-order valence-electron chi connectivity index (χ0n) is 14.6. The molecule has 0 aliphatic carbocycles. The van der Waals surface area contributed by atoms with Crippen molar-refractivity contribution in [2.24, 2.45) is 0 Å². The van der Waals surface area contributed by atoms with Gasteiger partial charge in [0.1, 0.15) is 12.4 Å². The Morgan fingerprint density at radius 3 is 2.88 bits per heavy atom. The fourth-order valence-electron chi connectivity index (χ4n) is 3.26. The average Bonchev–Trinajstić information content (AvgIpc) is 2.94. The summed E-state index contributed by atoms with van der Waals surface area (Å²) in [5.74, 6) is 0.594. The molecule has 2 aliphatic rings. The van der Waals surface area contributed by atoms with E-state index in [1.807, 2.05) is 25.1 Å². The molecule has 0 spiro atoms. The molecular formula is C17H23N5O3. The highest BCUT2D eigenvalue weighted by molar-refractivity contribution is 6.04. The number of carbonyl (C=O) groups is 3. The van der Waals surface area contributed by atoms with E-state index >= 15 is 0 Å². The van der Waals surface area contributed by atoms with Crippen molar-refractivity contribution in [2.45, 2.75) is 18.8 Å². The summed E-state index contributed by atoms with van der Waals surface area (Å²) in [7, 11) is 3.89. The number of amides is 4. The van der Waals surface area contributed by atoms with Gasteiger partial charge >= 0.3 is 6.03 Å². The van der Waals surface area contributed by atoms with Gasteiger partial charge in [0, 0.05) is 39.3 Å². The van der Waals surface area contributed by atoms with Gasteiger partial charge in [-0.05, 0) is 30.5 Å². The number of piperidine rings is 1. The lowest BCUT2D eigenvalue weighted by molar-refractivity contribution is -0.137. The molecule has 0 saturated carbocycles.